The average Bonchev–Trinajstić information content (AvgIpc) is 3.10. The Labute approximate surface area is 145 Å². The van der Waals surface area contributed by atoms with Crippen LogP contribution in [0.5, 0.6) is 0 Å². The average molecular weight is 341 g/mol. The highest BCUT2D eigenvalue weighted by Crippen LogP contribution is 2.16. The molecule has 0 N–H and O–H groups in total. The maximum atomic E-state index is 12.6. The Morgan fingerprint density at radius 2 is 2.00 bits per heavy atom. The number of benzene rings is 1. The highest BCUT2D eigenvalue weighted by Gasteiger charge is 2.26. The lowest BCUT2D eigenvalue weighted by molar-refractivity contribution is -0.132. The first-order chi connectivity index (χ1) is 11.6. The molecule has 2 aromatic rings. The number of nitrogens with zero attached hydrogens (tertiary/aromatic N) is 3. The third kappa shape index (κ3) is 3.89. The molecule has 0 fully saturated rings. The molecule has 0 saturated heterocycles. The van der Waals surface area contributed by atoms with Crippen molar-refractivity contribution in [2.24, 2.45) is 5.10 Å². The SMILES string of the molecule is CN(Cc1ccsc1)C(=O)C1=NN(Cc2ccccc2)C(=O)CC1. The van der Waals surface area contributed by atoms with Crippen molar-refractivity contribution in [2.45, 2.75) is 25.9 Å². The fraction of sp³-hybridized carbons (Fsp3) is 0.278. The van der Waals surface area contributed by atoms with Crippen LogP contribution in [0, 0.1) is 0 Å². The second-order valence-corrected chi connectivity index (χ2v) is 6.56. The van der Waals surface area contributed by atoms with Crippen LogP contribution in [0.2, 0.25) is 0 Å². The highest BCUT2D eigenvalue weighted by atomic mass is 32.1. The van der Waals surface area contributed by atoms with Gasteiger partial charge in [0.25, 0.3) is 5.91 Å². The van der Waals surface area contributed by atoms with E-state index in [0.717, 1.165) is 11.1 Å². The first-order valence-corrected chi connectivity index (χ1v) is 8.76. The minimum absolute atomic E-state index is 0.0455. The van der Waals surface area contributed by atoms with Crippen molar-refractivity contribution in [1.82, 2.24) is 9.91 Å². The summed E-state index contributed by atoms with van der Waals surface area (Å²) in [5.41, 5.74) is 2.54. The predicted molar refractivity (Wildman–Crippen MR) is 94.5 cm³/mol. The van der Waals surface area contributed by atoms with Crippen LogP contribution < -0.4 is 0 Å². The largest absolute Gasteiger partial charge is 0.336 e. The molecule has 1 aromatic carbocycles. The summed E-state index contributed by atoms with van der Waals surface area (Å²) in [7, 11) is 1.76. The van der Waals surface area contributed by atoms with Gasteiger partial charge < -0.3 is 4.90 Å². The molecule has 6 heteroatoms. The Hall–Kier alpha value is -2.47. The summed E-state index contributed by atoms with van der Waals surface area (Å²) in [5.74, 6) is -0.164. The Morgan fingerprint density at radius 3 is 2.71 bits per heavy atom. The Bertz CT molecular complexity index is 741. The molecular formula is C18H19N3O2S. The van der Waals surface area contributed by atoms with E-state index in [4.69, 9.17) is 0 Å². The number of carbonyl (C=O) groups excluding carboxylic acids is 2. The van der Waals surface area contributed by atoms with Gasteiger partial charge in [0.2, 0.25) is 5.91 Å². The number of amides is 2. The molecule has 124 valence electrons. The van der Waals surface area contributed by atoms with Gasteiger partial charge in [-0.05, 0) is 28.0 Å². The zero-order chi connectivity index (χ0) is 16.9. The molecule has 3 rings (SSSR count). The van der Waals surface area contributed by atoms with E-state index in [1.165, 1.54) is 5.01 Å². The molecule has 0 aliphatic carbocycles. The molecule has 1 aromatic heterocycles. The molecule has 24 heavy (non-hydrogen) atoms. The molecule has 0 spiro atoms. The van der Waals surface area contributed by atoms with Crippen LogP contribution in [0.3, 0.4) is 0 Å². The molecule has 2 heterocycles. The van der Waals surface area contributed by atoms with E-state index in [-0.39, 0.29) is 11.8 Å². The van der Waals surface area contributed by atoms with Crippen LogP contribution in [0.4, 0.5) is 0 Å². The minimum Gasteiger partial charge on any atom is -0.336 e. The smallest absolute Gasteiger partial charge is 0.270 e. The highest BCUT2D eigenvalue weighted by molar-refractivity contribution is 7.07. The summed E-state index contributed by atoms with van der Waals surface area (Å²) >= 11 is 1.61. The van der Waals surface area contributed by atoms with Crippen LogP contribution in [-0.2, 0) is 22.7 Å². The van der Waals surface area contributed by atoms with Crippen LogP contribution in [0.25, 0.3) is 0 Å². The van der Waals surface area contributed by atoms with Gasteiger partial charge >= 0.3 is 0 Å². The Balaban J connectivity index is 1.70. The van der Waals surface area contributed by atoms with Gasteiger partial charge in [-0.2, -0.15) is 16.4 Å². The standard InChI is InChI=1S/C18H19N3O2S/c1-20(11-15-9-10-24-13-15)18(23)16-7-8-17(22)21(19-16)12-14-5-3-2-4-6-14/h2-6,9-10,13H,7-8,11-12H2,1H3. The van der Waals surface area contributed by atoms with Crippen molar-refractivity contribution in [2.75, 3.05) is 7.05 Å². The van der Waals surface area contributed by atoms with Gasteiger partial charge in [0.05, 0.1) is 6.54 Å². The molecule has 5 nitrogen and oxygen atoms in total. The van der Waals surface area contributed by atoms with Crippen molar-refractivity contribution in [3.8, 4) is 0 Å². The minimum atomic E-state index is -0.119. The maximum Gasteiger partial charge on any atom is 0.270 e. The van der Waals surface area contributed by atoms with Crippen LogP contribution in [0.1, 0.15) is 24.0 Å². The van der Waals surface area contributed by atoms with E-state index in [1.807, 2.05) is 47.2 Å². The molecule has 0 radical (unpaired) electrons. The zero-order valence-corrected chi connectivity index (χ0v) is 14.3. The number of hydrogen-bond acceptors (Lipinski definition) is 4. The Kier molecular flexibility index (Phi) is 5.05. The lowest BCUT2D eigenvalue weighted by Gasteiger charge is -2.25. The van der Waals surface area contributed by atoms with E-state index in [2.05, 4.69) is 5.10 Å². The summed E-state index contributed by atoms with van der Waals surface area (Å²) < 4.78 is 0. The zero-order valence-electron chi connectivity index (χ0n) is 13.5. The molecule has 2 amide bonds. The second kappa shape index (κ2) is 7.40. The summed E-state index contributed by atoms with van der Waals surface area (Å²) in [6, 6.07) is 11.7. The van der Waals surface area contributed by atoms with E-state index < -0.39 is 0 Å². The van der Waals surface area contributed by atoms with Crippen LogP contribution >= 0.6 is 11.3 Å². The molecule has 0 saturated carbocycles. The van der Waals surface area contributed by atoms with E-state index in [1.54, 1.807) is 23.3 Å². The van der Waals surface area contributed by atoms with E-state index in [9.17, 15) is 9.59 Å². The van der Waals surface area contributed by atoms with Gasteiger partial charge in [-0.3, -0.25) is 9.59 Å². The number of carbonyl (C=O) groups is 2. The quantitative estimate of drug-likeness (QED) is 0.840. The first-order valence-electron chi connectivity index (χ1n) is 7.82. The molecule has 1 aliphatic heterocycles. The van der Waals surface area contributed by atoms with Crippen molar-refractivity contribution >= 4 is 28.9 Å². The second-order valence-electron chi connectivity index (χ2n) is 5.78. The van der Waals surface area contributed by atoms with Crippen molar-refractivity contribution in [3.05, 3.63) is 58.3 Å². The van der Waals surface area contributed by atoms with E-state index in [0.29, 0.717) is 31.6 Å². The molecule has 0 unspecified atom stereocenters. The number of hydrazone groups is 1. The molecular weight excluding hydrogens is 322 g/mol. The summed E-state index contributed by atoms with van der Waals surface area (Å²) in [6.45, 7) is 0.943. The van der Waals surface area contributed by atoms with E-state index >= 15 is 0 Å². The maximum absolute atomic E-state index is 12.6. The third-order valence-electron chi connectivity index (χ3n) is 3.87. The Morgan fingerprint density at radius 1 is 1.21 bits per heavy atom. The van der Waals surface area contributed by atoms with Gasteiger partial charge in [-0.15, -0.1) is 0 Å². The monoisotopic (exact) mass is 341 g/mol. The first kappa shape index (κ1) is 16.4. The molecule has 0 bridgehead atoms. The summed E-state index contributed by atoms with van der Waals surface area (Å²) in [4.78, 5) is 26.3. The fourth-order valence-corrected chi connectivity index (χ4v) is 3.24. The van der Waals surface area contributed by atoms with Gasteiger partial charge in [0.15, 0.2) is 0 Å². The van der Waals surface area contributed by atoms with Gasteiger partial charge in [-0.25, -0.2) is 5.01 Å². The fourth-order valence-electron chi connectivity index (χ4n) is 2.58. The van der Waals surface area contributed by atoms with Gasteiger partial charge in [0, 0.05) is 26.4 Å². The van der Waals surface area contributed by atoms with Crippen LogP contribution in [-0.4, -0.2) is 34.5 Å². The number of hydrogen-bond donors (Lipinski definition) is 0. The van der Waals surface area contributed by atoms with Crippen molar-refractivity contribution in [3.63, 3.8) is 0 Å². The number of thiophene rings is 1. The predicted octanol–water partition coefficient (Wildman–Crippen LogP) is 2.89. The van der Waals surface area contributed by atoms with Crippen LogP contribution in [0.15, 0.2) is 52.3 Å². The lowest BCUT2D eigenvalue weighted by atomic mass is 10.1. The molecule has 1 aliphatic rings. The third-order valence-corrected chi connectivity index (χ3v) is 4.61. The summed E-state index contributed by atoms with van der Waals surface area (Å²) in [6.07, 6.45) is 0.723. The molecule has 0 atom stereocenters. The van der Waals surface area contributed by atoms with Crippen molar-refractivity contribution < 1.29 is 9.59 Å². The topological polar surface area (TPSA) is 53.0 Å². The van der Waals surface area contributed by atoms with Gasteiger partial charge in [0.1, 0.15) is 5.71 Å². The number of rotatable bonds is 5. The normalized spacial score (nSPS) is 14.5. The van der Waals surface area contributed by atoms with Crippen molar-refractivity contribution in [1.29, 1.82) is 0 Å². The summed E-state index contributed by atoms with van der Waals surface area (Å²) in [5, 5.41) is 9.75. The van der Waals surface area contributed by atoms with Gasteiger partial charge in [-0.1, -0.05) is 30.3 Å². The lowest BCUT2D eigenvalue weighted by Crippen LogP contribution is -2.39.